The quantitative estimate of drug-likeness (QED) is 0.0770. The number of rotatable bonds is 15. The van der Waals surface area contributed by atoms with Crippen molar-refractivity contribution in [3.63, 3.8) is 0 Å². The third-order valence-corrected chi connectivity index (χ3v) is 10.2. The first kappa shape index (κ1) is 39.5. The molecule has 56 heavy (non-hydrogen) atoms. The van der Waals surface area contributed by atoms with Crippen molar-refractivity contribution < 1.29 is 34.4 Å². The lowest BCUT2D eigenvalue weighted by atomic mass is 9.97. The predicted octanol–water partition coefficient (Wildman–Crippen LogP) is 5.31. The average molecular weight is 762 g/mol. The number of carbonyl (C=O) groups is 3. The second kappa shape index (κ2) is 18.4. The lowest BCUT2D eigenvalue weighted by Crippen LogP contribution is -2.39. The van der Waals surface area contributed by atoms with Crippen LogP contribution in [0.5, 0.6) is 11.5 Å². The number of hydrogen-bond donors (Lipinski definition) is 6. The zero-order valence-electron chi connectivity index (χ0n) is 31.2. The molecule has 4 aromatic carbocycles. The maximum atomic E-state index is 13.3. The second-order valence-electron chi connectivity index (χ2n) is 14.1. The number of nitrogens with zero attached hydrogens (tertiary/aromatic N) is 2. The molecule has 5 aromatic rings. The molecule has 0 aliphatic carbocycles. The van der Waals surface area contributed by atoms with E-state index in [2.05, 4.69) is 15.6 Å². The Morgan fingerprint density at radius 1 is 0.911 bits per heavy atom. The maximum Gasteiger partial charge on any atom is 0.405 e. The Bertz CT molecular complexity index is 2180. The number of pyridine rings is 1. The monoisotopic (exact) mass is 761 g/mol. The van der Waals surface area contributed by atoms with E-state index >= 15 is 0 Å². The standard InChI is InChI=1S/C43H47N5O8/c1-47(22-6-21-44-26-37(50)34-15-17-36(49)40-35(34)16-18-38(51)45-40)41(52)30-11-13-31(14-12-30)42(53)48-23-19-28(20-24-48)27-56-33-10-5-9-32(25-33)39(46-43(54)55)29-7-3-2-4-8-29/h2-5,7-18,25,28,37,39,44,46,49-50H,6,19-24,26-27H2,1H3,(H,45,51)(H,54,55)/t37-,39?/m1/s1. The smallest absolute Gasteiger partial charge is 0.405 e. The molecule has 1 saturated heterocycles. The molecule has 3 amide bonds. The normalized spacial score (nSPS) is 14.2. The number of carbonyl (C=O) groups excluding carboxylic acids is 2. The summed E-state index contributed by atoms with van der Waals surface area (Å²) < 4.78 is 6.15. The number of nitrogens with one attached hydrogen (secondary N) is 3. The Morgan fingerprint density at radius 2 is 1.62 bits per heavy atom. The summed E-state index contributed by atoms with van der Waals surface area (Å²) in [6.45, 7) is 2.94. The van der Waals surface area contributed by atoms with Gasteiger partial charge in [0, 0.05) is 55.8 Å². The number of phenolic OH excluding ortho intramolecular Hbond substituents is 1. The maximum absolute atomic E-state index is 13.3. The number of fused-ring (bicyclic) bond motifs is 1. The van der Waals surface area contributed by atoms with Gasteiger partial charge in [-0.15, -0.1) is 0 Å². The fourth-order valence-electron chi connectivity index (χ4n) is 7.03. The van der Waals surface area contributed by atoms with Gasteiger partial charge in [0.25, 0.3) is 11.8 Å². The van der Waals surface area contributed by atoms with Crippen LogP contribution in [-0.2, 0) is 0 Å². The van der Waals surface area contributed by atoms with Gasteiger partial charge >= 0.3 is 6.09 Å². The third kappa shape index (κ3) is 9.92. The SMILES string of the molecule is CN(CCCNC[C@@H](O)c1ccc(O)c2[nH]c(=O)ccc12)C(=O)c1ccc(C(=O)N2CCC(COc3cccc(C(NC(=O)O)c4ccccc4)c3)CC2)cc1. The number of likely N-dealkylation sites (tertiary alicyclic amines) is 1. The van der Waals surface area contributed by atoms with E-state index in [1.54, 1.807) is 48.3 Å². The van der Waals surface area contributed by atoms with E-state index in [9.17, 15) is 34.5 Å². The van der Waals surface area contributed by atoms with E-state index in [1.165, 1.54) is 12.1 Å². The number of ether oxygens (including phenoxy) is 1. The van der Waals surface area contributed by atoms with E-state index in [1.807, 2.05) is 59.5 Å². The zero-order valence-corrected chi connectivity index (χ0v) is 31.2. The Kier molecular flexibility index (Phi) is 13.0. The van der Waals surface area contributed by atoms with Gasteiger partial charge in [0.2, 0.25) is 5.56 Å². The summed E-state index contributed by atoms with van der Waals surface area (Å²) in [5.41, 5.74) is 3.13. The number of H-pyrrole nitrogens is 1. The fourth-order valence-corrected chi connectivity index (χ4v) is 7.03. The molecule has 13 heteroatoms. The molecule has 0 bridgehead atoms. The molecule has 1 fully saturated rings. The molecular formula is C43H47N5O8. The number of aromatic hydroxyl groups is 1. The van der Waals surface area contributed by atoms with E-state index < -0.39 is 18.2 Å². The van der Waals surface area contributed by atoms with Crippen molar-refractivity contribution in [3.05, 3.63) is 141 Å². The molecule has 0 radical (unpaired) electrons. The largest absolute Gasteiger partial charge is 0.506 e. The molecule has 1 aromatic heterocycles. The number of phenols is 1. The van der Waals surface area contributed by atoms with Gasteiger partial charge < -0.3 is 45.5 Å². The van der Waals surface area contributed by atoms with Gasteiger partial charge in [0.15, 0.2) is 0 Å². The number of aliphatic hydroxyl groups is 1. The van der Waals surface area contributed by atoms with Gasteiger partial charge in [-0.2, -0.15) is 0 Å². The molecule has 0 spiro atoms. The van der Waals surface area contributed by atoms with Crippen LogP contribution in [0.25, 0.3) is 10.9 Å². The van der Waals surface area contributed by atoms with Gasteiger partial charge in [-0.1, -0.05) is 48.5 Å². The molecule has 2 atom stereocenters. The van der Waals surface area contributed by atoms with Crippen LogP contribution >= 0.6 is 0 Å². The third-order valence-electron chi connectivity index (χ3n) is 10.2. The van der Waals surface area contributed by atoms with E-state index in [0.717, 1.165) is 24.0 Å². The van der Waals surface area contributed by atoms with Crippen LogP contribution < -0.4 is 20.9 Å². The number of amides is 3. The van der Waals surface area contributed by atoms with Crippen LogP contribution in [0, 0.1) is 5.92 Å². The van der Waals surface area contributed by atoms with Gasteiger partial charge in [-0.3, -0.25) is 14.4 Å². The average Bonchev–Trinajstić information content (AvgIpc) is 3.22. The zero-order chi connectivity index (χ0) is 39.6. The van der Waals surface area contributed by atoms with Crippen LogP contribution in [0.1, 0.15) is 68.8 Å². The van der Waals surface area contributed by atoms with Crippen molar-refractivity contribution >= 4 is 28.8 Å². The number of aromatic amines is 1. The number of piperidine rings is 1. The van der Waals surface area contributed by atoms with Crippen molar-refractivity contribution in [1.29, 1.82) is 0 Å². The Morgan fingerprint density at radius 3 is 2.36 bits per heavy atom. The summed E-state index contributed by atoms with van der Waals surface area (Å²) in [5, 5.41) is 36.7. The molecule has 13 nitrogen and oxygen atoms in total. The van der Waals surface area contributed by atoms with Gasteiger partial charge in [-0.05, 0) is 96.9 Å². The lowest BCUT2D eigenvalue weighted by Gasteiger charge is -2.32. The second-order valence-corrected chi connectivity index (χ2v) is 14.1. The van der Waals surface area contributed by atoms with E-state index in [4.69, 9.17) is 4.74 Å². The summed E-state index contributed by atoms with van der Waals surface area (Å²) in [7, 11) is 1.72. The summed E-state index contributed by atoms with van der Waals surface area (Å²) in [4.78, 5) is 55.7. The minimum absolute atomic E-state index is 0.0665. The highest BCUT2D eigenvalue weighted by Gasteiger charge is 2.25. The minimum Gasteiger partial charge on any atom is -0.506 e. The molecule has 1 aliphatic rings. The van der Waals surface area contributed by atoms with Crippen molar-refractivity contribution in [2.24, 2.45) is 5.92 Å². The Balaban J connectivity index is 0.918. The molecule has 0 saturated carbocycles. The van der Waals surface area contributed by atoms with Crippen molar-refractivity contribution in [1.82, 2.24) is 25.4 Å². The highest BCUT2D eigenvalue weighted by Crippen LogP contribution is 2.29. The summed E-state index contributed by atoms with van der Waals surface area (Å²) in [6, 6.07) is 29.0. The van der Waals surface area contributed by atoms with Crippen LogP contribution in [-0.4, -0.2) is 94.4 Å². The molecule has 6 rings (SSSR count). The summed E-state index contributed by atoms with van der Waals surface area (Å²) in [5.74, 6) is 0.608. The van der Waals surface area contributed by atoms with Crippen LogP contribution in [0.15, 0.2) is 108 Å². The first-order chi connectivity index (χ1) is 27.1. The van der Waals surface area contributed by atoms with Gasteiger partial charge in [-0.25, -0.2) is 4.79 Å². The molecule has 2 heterocycles. The summed E-state index contributed by atoms with van der Waals surface area (Å²) in [6.07, 6.45) is 0.221. The summed E-state index contributed by atoms with van der Waals surface area (Å²) >= 11 is 0. The number of carboxylic acid groups (broad SMARTS) is 1. The van der Waals surface area contributed by atoms with Gasteiger partial charge in [0.1, 0.15) is 11.5 Å². The first-order valence-corrected chi connectivity index (χ1v) is 18.7. The molecule has 6 N–H and O–H groups in total. The molecule has 1 unspecified atom stereocenters. The molecular weight excluding hydrogens is 714 g/mol. The van der Waals surface area contributed by atoms with Crippen LogP contribution in [0.4, 0.5) is 4.79 Å². The van der Waals surface area contributed by atoms with Crippen molar-refractivity contribution in [2.45, 2.75) is 31.4 Å². The van der Waals surface area contributed by atoms with Gasteiger partial charge in [0.05, 0.1) is 24.3 Å². The first-order valence-electron chi connectivity index (χ1n) is 18.7. The van der Waals surface area contributed by atoms with Crippen molar-refractivity contribution in [2.75, 3.05) is 46.4 Å². The highest BCUT2D eigenvalue weighted by atomic mass is 16.5. The fraction of sp³-hybridized carbons (Fsp3) is 0.302. The predicted molar refractivity (Wildman–Crippen MR) is 212 cm³/mol. The number of aromatic nitrogens is 1. The topological polar surface area (TPSA) is 185 Å². The number of hydrogen-bond acceptors (Lipinski definition) is 8. The highest BCUT2D eigenvalue weighted by molar-refractivity contribution is 5.97. The van der Waals surface area contributed by atoms with E-state index in [-0.39, 0.29) is 41.1 Å². The van der Waals surface area contributed by atoms with Crippen molar-refractivity contribution in [3.8, 4) is 11.5 Å². The minimum atomic E-state index is -1.11. The number of benzene rings is 4. The lowest BCUT2D eigenvalue weighted by molar-refractivity contribution is 0.0660. The Hall–Kier alpha value is -6.18. The molecule has 1 aliphatic heterocycles. The Labute approximate surface area is 324 Å². The molecule has 292 valence electrons. The van der Waals surface area contributed by atoms with Crippen LogP contribution in [0.3, 0.4) is 0 Å². The number of aliphatic hydroxyl groups excluding tert-OH is 1. The van der Waals surface area contributed by atoms with E-state index in [0.29, 0.717) is 67.0 Å². The van der Waals surface area contributed by atoms with Crippen LogP contribution in [0.2, 0.25) is 0 Å².